The van der Waals surface area contributed by atoms with Crippen molar-refractivity contribution in [3.63, 3.8) is 0 Å². The maximum absolute atomic E-state index is 2.60. The van der Waals surface area contributed by atoms with Crippen LogP contribution < -0.4 is 9.80 Å². The van der Waals surface area contributed by atoms with E-state index < -0.39 is 0 Å². The predicted octanol–water partition coefficient (Wildman–Crippen LogP) is 16.0. The first-order valence-corrected chi connectivity index (χ1v) is 22.3. The lowest BCUT2D eigenvalue weighted by molar-refractivity contribution is 0.799. The van der Waals surface area contributed by atoms with Crippen LogP contribution in [0.3, 0.4) is 0 Å². The Morgan fingerprint density at radius 1 is 0.312 bits per heavy atom. The topological polar surface area (TPSA) is 11.4 Å². The summed E-state index contributed by atoms with van der Waals surface area (Å²) >= 11 is 0. The Morgan fingerprint density at radius 3 is 1.11 bits per heavy atom. The van der Waals surface area contributed by atoms with E-state index in [1.165, 1.54) is 61.2 Å². The molecule has 304 valence electrons. The van der Waals surface area contributed by atoms with Crippen LogP contribution in [-0.2, 0) is 19.4 Å². The summed E-state index contributed by atoms with van der Waals surface area (Å²) in [6.45, 7) is 0.623. The molecule has 0 N–H and O–H groups in total. The van der Waals surface area contributed by atoms with Crippen molar-refractivity contribution in [3.05, 3.63) is 264 Å². The maximum atomic E-state index is 2.60. The molecule has 3 heteroatoms. The molecule has 3 nitrogen and oxygen atoms in total. The van der Waals surface area contributed by atoms with Gasteiger partial charge < -0.3 is 4.57 Å². The Balaban J connectivity index is 1.21. The average molecular weight is 820 g/mol. The first kappa shape index (κ1) is 37.6. The second kappa shape index (κ2) is 16.0. The fourth-order valence-corrected chi connectivity index (χ4v) is 10.2. The second-order valence-electron chi connectivity index (χ2n) is 16.9. The highest BCUT2D eigenvalue weighted by Crippen LogP contribution is 2.56. The van der Waals surface area contributed by atoms with Gasteiger partial charge in [0.15, 0.2) is 0 Å². The molecule has 2 aliphatic rings. The molecule has 1 aromatic heterocycles. The van der Waals surface area contributed by atoms with Crippen LogP contribution in [0.5, 0.6) is 0 Å². The smallest absolute Gasteiger partial charge is 0.128 e. The van der Waals surface area contributed by atoms with Crippen molar-refractivity contribution in [2.75, 3.05) is 9.80 Å². The third-order valence-electron chi connectivity index (χ3n) is 13.0. The monoisotopic (exact) mass is 819 g/mol. The highest BCUT2D eigenvalue weighted by atomic mass is 15.3. The molecule has 64 heavy (non-hydrogen) atoms. The molecule has 0 aliphatic heterocycles. The van der Waals surface area contributed by atoms with Gasteiger partial charge in [-0.1, -0.05) is 188 Å². The molecule has 0 bridgehead atoms. The number of para-hydroxylation sites is 2. The first-order chi connectivity index (χ1) is 31.8. The molecule has 0 fully saturated rings. The quantitative estimate of drug-likeness (QED) is 0.136. The van der Waals surface area contributed by atoms with Crippen LogP contribution in [-0.4, -0.2) is 4.57 Å². The van der Waals surface area contributed by atoms with E-state index in [0.29, 0.717) is 6.54 Å². The summed E-state index contributed by atoms with van der Waals surface area (Å²) in [6, 6.07) is 86.9. The van der Waals surface area contributed by atoms with Crippen molar-refractivity contribution in [1.29, 1.82) is 0 Å². The highest BCUT2D eigenvalue weighted by molar-refractivity contribution is 6.05. The molecule has 0 atom stereocenters. The third kappa shape index (κ3) is 6.53. The number of benzene rings is 9. The van der Waals surface area contributed by atoms with Crippen LogP contribution in [0.1, 0.15) is 27.8 Å². The Bertz CT molecular complexity index is 3080. The van der Waals surface area contributed by atoms with E-state index in [2.05, 4.69) is 251 Å². The zero-order chi connectivity index (χ0) is 42.4. The van der Waals surface area contributed by atoms with Crippen LogP contribution in [0, 0.1) is 0 Å². The number of nitrogens with zero attached hydrogens (tertiary/aromatic N) is 3. The summed E-state index contributed by atoms with van der Waals surface area (Å²) in [5.74, 6) is 2.19. The Labute approximate surface area is 375 Å². The van der Waals surface area contributed by atoms with Crippen molar-refractivity contribution < 1.29 is 0 Å². The Hall–Kier alpha value is -8.14. The summed E-state index contributed by atoms with van der Waals surface area (Å²) in [6.07, 6.45) is 1.81. The highest BCUT2D eigenvalue weighted by Gasteiger charge is 2.35. The molecule has 0 unspecified atom stereocenters. The zero-order valence-electron chi connectivity index (χ0n) is 35.5. The lowest BCUT2D eigenvalue weighted by Gasteiger charge is -2.32. The average Bonchev–Trinajstić information content (AvgIpc) is 4.03. The molecule has 0 radical (unpaired) electrons. The van der Waals surface area contributed by atoms with Crippen LogP contribution in [0.2, 0.25) is 0 Å². The number of hydrogen-bond acceptors (Lipinski definition) is 2. The summed E-state index contributed by atoms with van der Waals surface area (Å²) in [4.78, 5) is 5.04. The SMILES string of the molecule is c1ccc(Cn2c(N(c3ccccc3)c3ccc4c(c3)Cc3ccccc3-4)c(-c3ccccc3)c(-c3ccccc3)c2N(c2ccccc2)c2ccc3c(c2)Cc2ccccc2-3)cc1. The van der Waals surface area contributed by atoms with Gasteiger partial charge >= 0.3 is 0 Å². The van der Waals surface area contributed by atoms with Gasteiger partial charge in [0, 0.05) is 33.9 Å². The van der Waals surface area contributed by atoms with Gasteiger partial charge in [0.2, 0.25) is 0 Å². The number of aromatic nitrogens is 1. The largest absolute Gasteiger partial charge is 0.308 e. The Morgan fingerprint density at radius 2 is 0.672 bits per heavy atom. The summed E-state index contributed by atoms with van der Waals surface area (Å²) in [5.41, 5.74) is 21.0. The van der Waals surface area contributed by atoms with E-state index in [-0.39, 0.29) is 0 Å². The van der Waals surface area contributed by atoms with Gasteiger partial charge in [-0.2, -0.15) is 0 Å². The minimum absolute atomic E-state index is 0.623. The van der Waals surface area contributed by atoms with Gasteiger partial charge in [-0.25, -0.2) is 0 Å². The molecule has 0 spiro atoms. The Kier molecular flexibility index (Phi) is 9.38. The van der Waals surface area contributed by atoms with Gasteiger partial charge in [-0.15, -0.1) is 0 Å². The molecule has 2 aliphatic carbocycles. The maximum Gasteiger partial charge on any atom is 0.128 e. The van der Waals surface area contributed by atoms with Gasteiger partial charge in [0.05, 0.1) is 6.54 Å². The molecule has 9 aromatic carbocycles. The number of rotatable bonds is 10. The van der Waals surface area contributed by atoms with E-state index >= 15 is 0 Å². The molecule has 0 saturated carbocycles. The van der Waals surface area contributed by atoms with Crippen molar-refractivity contribution >= 4 is 34.4 Å². The lowest BCUT2D eigenvalue weighted by Crippen LogP contribution is -2.20. The summed E-state index contributed by atoms with van der Waals surface area (Å²) < 4.78 is 2.60. The molecule has 10 aromatic rings. The zero-order valence-corrected chi connectivity index (χ0v) is 35.5. The number of hydrogen-bond donors (Lipinski definition) is 0. The molecule has 12 rings (SSSR count). The second-order valence-corrected chi connectivity index (χ2v) is 16.9. The number of anilines is 6. The molecular weight excluding hydrogens is 775 g/mol. The molecule has 1 heterocycles. The van der Waals surface area contributed by atoms with Crippen molar-refractivity contribution in [2.45, 2.75) is 19.4 Å². The van der Waals surface area contributed by atoms with Gasteiger partial charge in [0.1, 0.15) is 11.6 Å². The van der Waals surface area contributed by atoms with Gasteiger partial charge in [-0.3, -0.25) is 9.80 Å². The minimum atomic E-state index is 0.623. The predicted molar refractivity (Wildman–Crippen MR) is 267 cm³/mol. The van der Waals surface area contributed by atoms with E-state index in [1.807, 2.05) is 0 Å². The van der Waals surface area contributed by atoms with E-state index in [9.17, 15) is 0 Å². The normalized spacial score (nSPS) is 12.0. The summed E-state index contributed by atoms with van der Waals surface area (Å²) in [7, 11) is 0. The van der Waals surface area contributed by atoms with Crippen LogP contribution in [0.4, 0.5) is 34.4 Å². The number of fused-ring (bicyclic) bond motifs is 6. The van der Waals surface area contributed by atoms with E-state index in [4.69, 9.17) is 0 Å². The fraction of sp³-hybridized carbons (Fsp3) is 0.0492. The van der Waals surface area contributed by atoms with Crippen LogP contribution >= 0.6 is 0 Å². The van der Waals surface area contributed by atoms with Gasteiger partial charge in [-0.05, 0) is 123 Å². The first-order valence-electron chi connectivity index (χ1n) is 22.3. The third-order valence-corrected chi connectivity index (χ3v) is 13.0. The van der Waals surface area contributed by atoms with E-state index in [0.717, 1.165) is 58.4 Å². The lowest BCUT2D eigenvalue weighted by atomic mass is 9.96. The van der Waals surface area contributed by atoms with Crippen molar-refractivity contribution in [1.82, 2.24) is 4.57 Å². The summed E-state index contributed by atoms with van der Waals surface area (Å²) in [5, 5.41) is 0. The van der Waals surface area contributed by atoms with Gasteiger partial charge in [0.25, 0.3) is 0 Å². The molecular formula is C61H45N3. The van der Waals surface area contributed by atoms with Crippen LogP contribution in [0.15, 0.2) is 237 Å². The van der Waals surface area contributed by atoms with Crippen LogP contribution in [0.25, 0.3) is 44.5 Å². The fourth-order valence-electron chi connectivity index (χ4n) is 10.2. The van der Waals surface area contributed by atoms with E-state index in [1.54, 1.807) is 0 Å². The molecule has 0 saturated heterocycles. The standard InChI is InChI=1S/C61H45N3/c1-6-20-43(21-7-1)42-62-60(63(50-28-12-4-13-29-50)52-34-36-56-48(40-52)38-46-26-16-18-32-54(46)56)58(44-22-8-2-9-23-44)59(45-24-10-3-11-25-45)61(62)64(51-30-14-5-15-31-51)53-35-37-57-49(41-53)39-47-27-17-19-33-55(47)57/h1-37,40-41H,38-39,42H2. The molecule has 0 amide bonds. The van der Waals surface area contributed by atoms with Crippen molar-refractivity contribution in [2.24, 2.45) is 0 Å². The minimum Gasteiger partial charge on any atom is -0.308 e. The van der Waals surface area contributed by atoms with Crippen molar-refractivity contribution in [3.8, 4) is 44.5 Å².